The second-order valence-electron chi connectivity index (χ2n) is 7.59. The molecule has 1 aromatic heterocycles. The maximum Gasteiger partial charge on any atom is 0.273 e. The monoisotopic (exact) mass is 421 g/mol. The fourth-order valence-corrected chi connectivity index (χ4v) is 3.69. The van der Waals surface area contributed by atoms with Crippen molar-refractivity contribution in [3.05, 3.63) is 71.4 Å². The summed E-state index contributed by atoms with van der Waals surface area (Å²) in [6.07, 6.45) is 0. The predicted octanol–water partition coefficient (Wildman–Crippen LogP) is 3.46. The molecule has 0 bridgehead atoms. The predicted molar refractivity (Wildman–Crippen MR) is 117 cm³/mol. The van der Waals surface area contributed by atoms with Gasteiger partial charge < -0.3 is 19.3 Å². The summed E-state index contributed by atoms with van der Waals surface area (Å²) in [5, 5.41) is 6.99. The highest BCUT2D eigenvalue weighted by Crippen LogP contribution is 2.24. The summed E-state index contributed by atoms with van der Waals surface area (Å²) in [5.41, 5.74) is 3.44. The highest BCUT2D eigenvalue weighted by atomic mass is 16.5. The highest BCUT2D eigenvalue weighted by molar-refractivity contribution is 5.93. The van der Waals surface area contributed by atoms with E-state index in [4.69, 9.17) is 14.0 Å². The number of aromatic nitrogens is 1. The fourth-order valence-electron chi connectivity index (χ4n) is 3.69. The molecule has 1 amide bonds. The second kappa shape index (κ2) is 9.76. The van der Waals surface area contributed by atoms with Gasteiger partial charge in [0.05, 0.1) is 26.4 Å². The van der Waals surface area contributed by atoms with E-state index >= 15 is 0 Å². The first-order valence-corrected chi connectivity index (χ1v) is 10.4. The van der Waals surface area contributed by atoms with Crippen molar-refractivity contribution in [1.82, 2.24) is 15.4 Å². The van der Waals surface area contributed by atoms with Gasteiger partial charge in [0.15, 0.2) is 11.5 Å². The van der Waals surface area contributed by atoms with Crippen LogP contribution in [0, 0.1) is 6.92 Å². The van der Waals surface area contributed by atoms with Crippen LogP contribution in [-0.2, 0) is 4.74 Å². The Bertz CT molecular complexity index is 992. The quantitative estimate of drug-likeness (QED) is 0.630. The van der Waals surface area contributed by atoms with Gasteiger partial charge >= 0.3 is 0 Å². The molecule has 1 saturated heterocycles. The summed E-state index contributed by atoms with van der Waals surface area (Å²) in [4.78, 5) is 15.1. The Morgan fingerprint density at radius 3 is 2.52 bits per heavy atom. The molecule has 3 aromatic rings. The number of amides is 1. The lowest BCUT2D eigenvalue weighted by molar-refractivity contribution is 0.0162. The average Bonchev–Trinajstić information content (AvgIpc) is 3.31. The summed E-state index contributed by atoms with van der Waals surface area (Å²) in [5.74, 6) is 1.12. The van der Waals surface area contributed by atoms with Gasteiger partial charge in [-0.15, -0.1) is 0 Å². The molecular formula is C24H27N3O4. The zero-order valence-electron chi connectivity index (χ0n) is 17.8. The van der Waals surface area contributed by atoms with Crippen molar-refractivity contribution in [2.24, 2.45) is 0 Å². The lowest BCUT2D eigenvalue weighted by atomic mass is 10.0. The van der Waals surface area contributed by atoms with E-state index in [0.29, 0.717) is 25.5 Å². The van der Waals surface area contributed by atoms with Gasteiger partial charge in [-0.25, -0.2) is 0 Å². The van der Waals surface area contributed by atoms with E-state index in [-0.39, 0.29) is 17.6 Å². The van der Waals surface area contributed by atoms with Crippen LogP contribution in [0.5, 0.6) is 5.75 Å². The van der Waals surface area contributed by atoms with Crippen LogP contribution in [0.3, 0.4) is 0 Å². The van der Waals surface area contributed by atoms with E-state index in [1.807, 2.05) is 55.5 Å². The standard InChI is InChI=1S/C24H27N3O4/c1-17-3-5-19(6-4-17)23-15-21(26-31-23)24(28)25-16-22(27-11-13-30-14-12-27)18-7-9-20(29-2)10-8-18/h3-10,15,22H,11-14,16H2,1-2H3,(H,25,28). The molecule has 31 heavy (non-hydrogen) atoms. The third-order valence-electron chi connectivity index (χ3n) is 5.52. The number of benzene rings is 2. The lowest BCUT2D eigenvalue weighted by Gasteiger charge is -2.34. The molecule has 2 aromatic carbocycles. The van der Waals surface area contributed by atoms with E-state index < -0.39 is 0 Å². The number of nitrogens with zero attached hydrogens (tertiary/aromatic N) is 2. The SMILES string of the molecule is COc1ccc(C(CNC(=O)c2cc(-c3ccc(C)cc3)on2)N2CCOCC2)cc1. The van der Waals surface area contributed by atoms with E-state index in [2.05, 4.69) is 15.4 Å². The van der Waals surface area contributed by atoms with Gasteiger partial charge in [-0.05, 0) is 24.6 Å². The van der Waals surface area contributed by atoms with Crippen LogP contribution in [0.4, 0.5) is 0 Å². The number of hydrogen-bond donors (Lipinski definition) is 1. The average molecular weight is 421 g/mol. The Hall–Kier alpha value is -3.16. The van der Waals surface area contributed by atoms with Gasteiger partial charge in [-0.1, -0.05) is 47.1 Å². The van der Waals surface area contributed by atoms with Gasteiger partial charge in [-0.2, -0.15) is 0 Å². The number of morpholine rings is 1. The first kappa shape index (κ1) is 21.1. The van der Waals surface area contributed by atoms with Crippen molar-refractivity contribution < 1.29 is 18.8 Å². The van der Waals surface area contributed by atoms with Crippen LogP contribution in [0.15, 0.2) is 59.1 Å². The van der Waals surface area contributed by atoms with Crippen molar-refractivity contribution >= 4 is 5.91 Å². The smallest absolute Gasteiger partial charge is 0.273 e. The molecule has 0 saturated carbocycles. The molecule has 1 atom stereocenters. The largest absolute Gasteiger partial charge is 0.497 e. The Morgan fingerprint density at radius 2 is 1.84 bits per heavy atom. The molecule has 1 aliphatic rings. The number of methoxy groups -OCH3 is 1. The Balaban J connectivity index is 1.46. The summed E-state index contributed by atoms with van der Waals surface area (Å²) in [7, 11) is 1.65. The van der Waals surface area contributed by atoms with Crippen LogP contribution in [0.1, 0.15) is 27.7 Å². The minimum atomic E-state index is -0.256. The van der Waals surface area contributed by atoms with Crippen molar-refractivity contribution in [1.29, 1.82) is 0 Å². The number of carbonyl (C=O) groups is 1. The molecule has 7 nitrogen and oxygen atoms in total. The summed E-state index contributed by atoms with van der Waals surface area (Å²) in [6, 6.07) is 17.6. The first-order chi connectivity index (χ1) is 15.1. The molecular weight excluding hydrogens is 394 g/mol. The molecule has 1 fully saturated rings. The number of hydrogen-bond acceptors (Lipinski definition) is 6. The summed E-state index contributed by atoms with van der Waals surface area (Å²) in [6.45, 7) is 5.48. The van der Waals surface area contributed by atoms with Gasteiger partial charge in [0, 0.05) is 31.3 Å². The number of nitrogens with one attached hydrogen (secondary N) is 1. The minimum Gasteiger partial charge on any atom is -0.497 e. The van der Waals surface area contributed by atoms with Gasteiger partial charge in [0.25, 0.3) is 5.91 Å². The lowest BCUT2D eigenvalue weighted by Crippen LogP contribution is -2.43. The van der Waals surface area contributed by atoms with E-state index in [0.717, 1.165) is 35.5 Å². The van der Waals surface area contributed by atoms with E-state index in [9.17, 15) is 4.79 Å². The zero-order chi connectivity index (χ0) is 21.6. The van der Waals surface area contributed by atoms with Crippen molar-refractivity contribution in [3.63, 3.8) is 0 Å². The van der Waals surface area contributed by atoms with Crippen molar-refractivity contribution in [2.45, 2.75) is 13.0 Å². The third-order valence-corrected chi connectivity index (χ3v) is 5.52. The number of ether oxygens (including phenoxy) is 2. The minimum absolute atomic E-state index is 0.0298. The topological polar surface area (TPSA) is 76.8 Å². The van der Waals surface area contributed by atoms with E-state index in [1.165, 1.54) is 0 Å². The van der Waals surface area contributed by atoms with Gasteiger partial charge in [0.2, 0.25) is 0 Å². The number of carbonyl (C=O) groups excluding carboxylic acids is 1. The maximum atomic E-state index is 12.8. The maximum absolute atomic E-state index is 12.8. The second-order valence-corrected chi connectivity index (χ2v) is 7.59. The molecule has 0 radical (unpaired) electrons. The van der Waals surface area contributed by atoms with Gasteiger partial charge in [-0.3, -0.25) is 9.69 Å². The molecule has 1 unspecified atom stereocenters. The highest BCUT2D eigenvalue weighted by Gasteiger charge is 2.24. The molecule has 0 spiro atoms. The summed E-state index contributed by atoms with van der Waals surface area (Å²) < 4.78 is 16.2. The Labute approximate surface area is 181 Å². The molecule has 0 aliphatic carbocycles. The third kappa shape index (κ3) is 5.13. The number of rotatable bonds is 7. The molecule has 162 valence electrons. The fraction of sp³-hybridized carbons (Fsp3) is 0.333. The van der Waals surface area contributed by atoms with Crippen LogP contribution in [0.2, 0.25) is 0 Å². The number of aryl methyl sites for hydroxylation is 1. The van der Waals surface area contributed by atoms with Crippen LogP contribution >= 0.6 is 0 Å². The first-order valence-electron chi connectivity index (χ1n) is 10.4. The molecule has 1 N–H and O–H groups in total. The molecule has 7 heteroatoms. The van der Waals surface area contributed by atoms with Crippen molar-refractivity contribution in [3.8, 4) is 17.1 Å². The Morgan fingerprint density at radius 1 is 1.13 bits per heavy atom. The summed E-state index contributed by atoms with van der Waals surface area (Å²) >= 11 is 0. The van der Waals surface area contributed by atoms with Crippen LogP contribution in [0.25, 0.3) is 11.3 Å². The molecule has 1 aliphatic heterocycles. The molecule has 4 rings (SSSR count). The normalized spacial score (nSPS) is 15.4. The van der Waals surface area contributed by atoms with Gasteiger partial charge in [0.1, 0.15) is 5.75 Å². The van der Waals surface area contributed by atoms with Crippen molar-refractivity contribution in [2.75, 3.05) is 40.0 Å². The van der Waals surface area contributed by atoms with Crippen LogP contribution < -0.4 is 10.1 Å². The van der Waals surface area contributed by atoms with Crippen LogP contribution in [-0.4, -0.2) is 55.9 Å². The van der Waals surface area contributed by atoms with E-state index in [1.54, 1.807) is 13.2 Å². The zero-order valence-corrected chi connectivity index (χ0v) is 17.8. The molecule has 2 heterocycles. The Kier molecular flexibility index (Phi) is 6.64.